The van der Waals surface area contributed by atoms with Gasteiger partial charge in [0.1, 0.15) is 12.5 Å². The number of rotatable bonds is 7. The highest BCUT2D eigenvalue weighted by atomic mass is 32.2. The maximum atomic E-state index is 13.5. The van der Waals surface area contributed by atoms with Crippen LogP contribution in [-0.4, -0.2) is 42.9 Å². The van der Waals surface area contributed by atoms with Crippen molar-refractivity contribution in [2.45, 2.75) is 33.1 Å². The molecule has 0 amide bonds. The van der Waals surface area contributed by atoms with E-state index < -0.39 is 23.8 Å². The van der Waals surface area contributed by atoms with Crippen LogP contribution < -0.4 is 5.32 Å². The third-order valence-electron chi connectivity index (χ3n) is 5.46. The standard InChI is InChI=1S/C22H27NO5S2/c1-5-29-10-8-28-22(26)17-13(3)23-14-11-12(2)16(21(25)27-4)20(24)18(14)19(17)15-7-6-9-30-15/h6-7,9,12,16,19,23H,5,8,10-11H2,1-4H3/t12-,16-,19+/m0/s1. The molecule has 0 saturated carbocycles. The third-order valence-corrected chi connectivity index (χ3v) is 7.26. The van der Waals surface area contributed by atoms with Crippen LogP contribution in [0.2, 0.25) is 0 Å². The first-order valence-corrected chi connectivity index (χ1v) is 12.0. The van der Waals surface area contributed by atoms with Crippen LogP contribution in [0.4, 0.5) is 0 Å². The lowest BCUT2D eigenvalue weighted by Crippen LogP contribution is -2.43. The number of carbonyl (C=O) groups is 3. The number of hydrogen-bond acceptors (Lipinski definition) is 8. The Hall–Kier alpha value is -2.06. The molecule has 6 nitrogen and oxygen atoms in total. The summed E-state index contributed by atoms with van der Waals surface area (Å²) in [6.45, 7) is 6.08. The number of methoxy groups -OCH3 is 1. The molecule has 0 aromatic carbocycles. The second-order valence-corrected chi connectivity index (χ2v) is 9.76. The molecule has 30 heavy (non-hydrogen) atoms. The van der Waals surface area contributed by atoms with Gasteiger partial charge in [0.05, 0.1) is 18.6 Å². The normalized spacial score (nSPS) is 23.7. The lowest BCUT2D eigenvalue weighted by molar-refractivity contribution is -0.151. The molecule has 1 N–H and O–H groups in total. The highest BCUT2D eigenvalue weighted by molar-refractivity contribution is 7.99. The van der Waals surface area contributed by atoms with Crippen LogP contribution in [0.1, 0.15) is 38.0 Å². The van der Waals surface area contributed by atoms with Gasteiger partial charge in [0.2, 0.25) is 0 Å². The molecule has 1 aromatic heterocycles. The van der Waals surface area contributed by atoms with Gasteiger partial charge < -0.3 is 14.8 Å². The van der Waals surface area contributed by atoms with Crippen LogP contribution in [0.25, 0.3) is 0 Å². The number of hydrogen-bond donors (Lipinski definition) is 1. The fraction of sp³-hybridized carbons (Fsp3) is 0.500. The summed E-state index contributed by atoms with van der Waals surface area (Å²) in [7, 11) is 1.29. The minimum atomic E-state index is -0.866. The second kappa shape index (κ2) is 9.83. The minimum absolute atomic E-state index is 0.187. The van der Waals surface area contributed by atoms with Crippen LogP contribution >= 0.6 is 23.1 Å². The Morgan fingerprint density at radius 2 is 2.13 bits per heavy atom. The number of nitrogens with one attached hydrogen (secondary N) is 1. The monoisotopic (exact) mass is 449 g/mol. The third kappa shape index (κ3) is 4.34. The van der Waals surface area contributed by atoms with Gasteiger partial charge in [-0.2, -0.15) is 11.8 Å². The Morgan fingerprint density at radius 3 is 2.77 bits per heavy atom. The lowest BCUT2D eigenvalue weighted by atomic mass is 9.70. The Morgan fingerprint density at radius 1 is 1.37 bits per heavy atom. The van der Waals surface area contributed by atoms with Crippen LogP contribution in [0.15, 0.2) is 40.1 Å². The maximum Gasteiger partial charge on any atom is 0.336 e. The fourth-order valence-corrected chi connectivity index (χ4v) is 5.44. The first-order chi connectivity index (χ1) is 14.4. The van der Waals surface area contributed by atoms with Gasteiger partial charge in [0.25, 0.3) is 0 Å². The number of Topliss-reactive ketones (excluding diaryl/α,β-unsaturated/α-hetero) is 1. The topological polar surface area (TPSA) is 81.7 Å². The van der Waals surface area contributed by atoms with Crippen molar-refractivity contribution in [3.8, 4) is 0 Å². The van der Waals surface area contributed by atoms with E-state index in [1.165, 1.54) is 18.4 Å². The van der Waals surface area contributed by atoms with E-state index >= 15 is 0 Å². The zero-order valence-electron chi connectivity index (χ0n) is 17.7. The van der Waals surface area contributed by atoms with E-state index in [4.69, 9.17) is 9.47 Å². The quantitative estimate of drug-likeness (QED) is 0.386. The zero-order valence-corrected chi connectivity index (χ0v) is 19.3. The number of thiophene rings is 1. The van der Waals surface area contributed by atoms with Crippen molar-refractivity contribution in [3.05, 3.63) is 44.9 Å². The van der Waals surface area contributed by atoms with Gasteiger partial charge in [-0.3, -0.25) is 9.59 Å². The van der Waals surface area contributed by atoms with Crippen molar-refractivity contribution >= 4 is 40.8 Å². The molecule has 3 rings (SSSR count). The Bertz CT molecular complexity index is 887. The molecular formula is C22H27NO5S2. The van der Waals surface area contributed by atoms with Gasteiger partial charge in [-0.15, -0.1) is 11.3 Å². The van der Waals surface area contributed by atoms with Crippen molar-refractivity contribution in [3.63, 3.8) is 0 Å². The van der Waals surface area contributed by atoms with E-state index in [1.54, 1.807) is 11.8 Å². The summed E-state index contributed by atoms with van der Waals surface area (Å²) >= 11 is 3.18. The SMILES string of the molecule is CCSCCOC(=O)C1=C(C)NC2=C(C(=O)[C@@H](C(=O)OC)[C@@H](C)C2)[C@@H]1c1cccs1. The van der Waals surface area contributed by atoms with Crippen molar-refractivity contribution < 1.29 is 23.9 Å². The van der Waals surface area contributed by atoms with Gasteiger partial charge in [-0.1, -0.05) is 19.9 Å². The van der Waals surface area contributed by atoms with Gasteiger partial charge in [-0.05, 0) is 36.5 Å². The number of allylic oxidation sites excluding steroid dienone is 3. The summed E-state index contributed by atoms with van der Waals surface area (Å²) in [5.41, 5.74) is 2.38. The van der Waals surface area contributed by atoms with Crippen molar-refractivity contribution in [1.29, 1.82) is 0 Å². The predicted molar refractivity (Wildman–Crippen MR) is 118 cm³/mol. The molecule has 1 aliphatic carbocycles. The molecule has 0 radical (unpaired) electrons. The van der Waals surface area contributed by atoms with Crippen LogP contribution in [-0.2, 0) is 23.9 Å². The van der Waals surface area contributed by atoms with E-state index in [2.05, 4.69) is 12.2 Å². The molecule has 0 bridgehead atoms. The van der Waals surface area contributed by atoms with Crippen LogP contribution in [0.3, 0.4) is 0 Å². The smallest absolute Gasteiger partial charge is 0.336 e. The zero-order chi connectivity index (χ0) is 21.8. The summed E-state index contributed by atoms with van der Waals surface area (Å²) < 4.78 is 10.4. The van der Waals surface area contributed by atoms with E-state index in [0.717, 1.165) is 22.1 Å². The molecule has 162 valence electrons. The molecule has 1 aliphatic heterocycles. The molecule has 8 heteroatoms. The van der Waals surface area contributed by atoms with E-state index in [1.807, 2.05) is 31.4 Å². The molecule has 2 aliphatic rings. The highest BCUT2D eigenvalue weighted by Crippen LogP contribution is 2.46. The number of carbonyl (C=O) groups excluding carboxylic acids is 3. The van der Waals surface area contributed by atoms with E-state index in [0.29, 0.717) is 29.9 Å². The molecule has 0 fully saturated rings. The van der Waals surface area contributed by atoms with E-state index in [9.17, 15) is 14.4 Å². The van der Waals surface area contributed by atoms with Gasteiger partial charge in [0, 0.05) is 27.6 Å². The first kappa shape index (κ1) is 22.6. The molecule has 1 aromatic rings. The molecule has 0 saturated heterocycles. The van der Waals surface area contributed by atoms with Crippen LogP contribution in [0.5, 0.6) is 0 Å². The first-order valence-electron chi connectivity index (χ1n) is 10.0. The van der Waals surface area contributed by atoms with Gasteiger partial charge in [0.15, 0.2) is 5.78 Å². The predicted octanol–water partition coefficient (Wildman–Crippen LogP) is 3.66. The maximum absolute atomic E-state index is 13.5. The number of ether oxygens (including phenoxy) is 2. The average Bonchev–Trinajstić information content (AvgIpc) is 3.24. The average molecular weight is 450 g/mol. The van der Waals surface area contributed by atoms with Crippen LogP contribution in [0, 0.1) is 11.8 Å². The number of ketones is 1. The van der Waals surface area contributed by atoms with Crippen molar-refractivity contribution in [1.82, 2.24) is 5.32 Å². The van der Waals surface area contributed by atoms with Crippen molar-refractivity contribution in [2.24, 2.45) is 11.8 Å². The summed E-state index contributed by atoms with van der Waals surface area (Å²) in [6, 6.07) is 3.81. The number of thioether (sulfide) groups is 1. The van der Waals surface area contributed by atoms with Gasteiger partial charge >= 0.3 is 11.9 Å². The second-order valence-electron chi connectivity index (χ2n) is 7.38. The summed E-state index contributed by atoms with van der Waals surface area (Å²) in [5, 5.41) is 5.18. The fourth-order valence-electron chi connectivity index (χ4n) is 4.11. The van der Waals surface area contributed by atoms with Crippen molar-refractivity contribution in [2.75, 3.05) is 25.2 Å². The number of dihydropyridines is 1. The Labute approximate surface area is 185 Å². The molecule has 2 heterocycles. The minimum Gasteiger partial charge on any atom is -0.468 e. The lowest BCUT2D eigenvalue weighted by Gasteiger charge is -2.37. The molecule has 0 spiro atoms. The number of esters is 2. The summed E-state index contributed by atoms with van der Waals surface area (Å²) in [5.74, 6) is -1.15. The molecule has 3 atom stereocenters. The summed E-state index contributed by atoms with van der Waals surface area (Å²) in [6.07, 6.45) is 0.537. The Kier molecular flexibility index (Phi) is 7.41. The Balaban J connectivity index is 2.00. The largest absolute Gasteiger partial charge is 0.468 e. The summed E-state index contributed by atoms with van der Waals surface area (Å²) in [4.78, 5) is 39.8. The van der Waals surface area contributed by atoms with Gasteiger partial charge in [-0.25, -0.2) is 4.79 Å². The molecular weight excluding hydrogens is 422 g/mol. The highest BCUT2D eigenvalue weighted by Gasteiger charge is 2.47. The molecule has 0 unspecified atom stereocenters. The van der Waals surface area contributed by atoms with E-state index in [-0.39, 0.29) is 11.7 Å².